The topological polar surface area (TPSA) is 104 Å². The van der Waals surface area contributed by atoms with Crippen molar-refractivity contribution in [3.63, 3.8) is 0 Å². The number of hydrogen-bond acceptors (Lipinski definition) is 6. The van der Waals surface area contributed by atoms with Gasteiger partial charge in [-0.1, -0.05) is 30.3 Å². The second kappa shape index (κ2) is 6.65. The van der Waals surface area contributed by atoms with E-state index in [2.05, 4.69) is 9.97 Å². The molecule has 2 N–H and O–H groups in total. The molecule has 110 valence electrons. The van der Waals surface area contributed by atoms with Gasteiger partial charge in [0.05, 0.1) is 11.5 Å². The van der Waals surface area contributed by atoms with E-state index in [0.29, 0.717) is 6.61 Å². The van der Waals surface area contributed by atoms with Crippen molar-refractivity contribution in [3.05, 3.63) is 51.7 Å². The van der Waals surface area contributed by atoms with Gasteiger partial charge in [-0.15, -0.1) is 0 Å². The molecule has 0 saturated heterocycles. The molecule has 0 bridgehead atoms. The second-order valence-corrected chi connectivity index (χ2v) is 4.52. The number of rotatable bonds is 6. The number of ether oxygens (including phenoxy) is 1. The van der Waals surface area contributed by atoms with E-state index in [4.69, 9.17) is 10.5 Å². The Balaban J connectivity index is 1.98. The Bertz CT molecular complexity index is 632. The number of nitro groups is 1. The Labute approximate surface area is 121 Å². The van der Waals surface area contributed by atoms with Crippen LogP contribution in [0, 0.1) is 17.0 Å². The van der Waals surface area contributed by atoms with Gasteiger partial charge in [0.25, 0.3) is 5.88 Å². The van der Waals surface area contributed by atoms with Gasteiger partial charge in [-0.05, 0) is 25.3 Å². The second-order valence-electron chi connectivity index (χ2n) is 4.52. The molecule has 0 saturated carbocycles. The lowest BCUT2D eigenvalue weighted by Crippen LogP contribution is -2.08. The summed E-state index contributed by atoms with van der Waals surface area (Å²) in [5, 5.41) is 11.0. The maximum Gasteiger partial charge on any atom is 0.352 e. The van der Waals surface area contributed by atoms with Gasteiger partial charge in [-0.2, -0.15) is 4.98 Å². The maximum atomic E-state index is 11.0. The zero-order valence-corrected chi connectivity index (χ0v) is 11.7. The van der Waals surface area contributed by atoms with Crippen molar-refractivity contribution in [1.82, 2.24) is 9.97 Å². The van der Waals surface area contributed by atoms with Crippen LogP contribution in [0.5, 0.6) is 5.88 Å². The first-order valence-electron chi connectivity index (χ1n) is 6.53. The zero-order valence-electron chi connectivity index (χ0n) is 11.7. The van der Waals surface area contributed by atoms with Crippen molar-refractivity contribution in [2.24, 2.45) is 0 Å². The first kappa shape index (κ1) is 14.7. The summed E-state index contributed by atoms with van der Waals surface area (Å²) in [6, 6.07) is 9.94. The van der Waals surface area contributed by atoms with Crippen LogP contribution in [0.15, 0.2) is 30.3 Å². The number of nitrogens with two attached hydrogens (primary N) is 1. The molecule has 1 aromatic heterocycles. The molecule has 2 aromatic rings. The van der Waals surface area contributed by atoms with E-state index >= 15 is 0 Å². The number of benzene rings is 1. The molecule has 0 unspecified atom stereocenters. The van der Waals surface area contributed by atoms with Crippen molar-refractivity contribution >= 4 is 11.6 Å². The lowest BCUT2D eigenvalue weighted by molar-refractivity contribution is -0.387. The summed E-state index contributed by atoms with van der Waals surface area (Å²) < 4.78 is 5.41. The average molecular weight is 288 g/mol. The Morgan fingerprint density at radius 2 is 2.00 bits per heavy atom. The molecule has 0 radical (unpaired) electrons. The summed E-state index contributed by atoms with van der Waals surface area (Å²) in [6.45, 7) is 1.83. The van der Waals surface area contributed by atoms with E-state index in [1.54, 1.807) is 0 Å². The number of aromatic nitrogens is 2. The standard InChI is InChI=1S/C14H16N4O3/c1-10-12(18(19)20)13(17-14(15)16-10)21-9-5-8-11-6-3-2-4-7-11/h2-4,6-7H,5,8-9H2,1H3,(H2,15,16,17). The number of anilines is 1. The monoisotopic (exact) mass is 288 g/mol. The van der Waals surface area contributed by atoms with Crippen LogP contribution in [0.1, 0.15) is 17.7 Å². The van der Waals surface area contributed by atoms with Gasteiger partial charge < -0.3 is 10.5 Å². The Hall–Kier alpha value is -2.70. The molecule has 2 rings (SSSR count). The van der Waals surface area contributed by atoms with Crippen LogP contribution >= 0.6 is 0 Å². The van der Waals surface area contributed by atoms with E-state index in [-0.39, 0.29) is 23.2 Å². The third-order valence-electron chi connectivity index (χ3n) is 2.92. The van der Waals surface area contributed by atoms with E-state index in [0.717, 1.165) is 12.8 Å². The first-order chi connectivity index (χ1) is 10.1. The minimum atomic E-state index is -0.554. The third kappa shape index (κ3) is 3.88. The van der Waals surface area contributed by atoms with Crippen LogP contribution in [-0.2, 0) is 6.42 Å². The van der Waals surface area contributed by atoms with E-state index in [1.807, 2.05) is 30.3 Å². The molecular formula is C14H16N4O3. The molecule has 0 aliphatic carbocycles. The lowest BCUT2D eigenvalue weighted by Gasteiger charge is -2.07. The Morgan fingerprint density at radius 3 is 2.67 bits per heavy atom. The minimum absolute atomic E-state index is 0.0313. The summed E-state index contributed by atoms with van der Waals surface area (Å²) in [7, 11) is 0. The molecule has 0 aliphatic rings. The van der Waals surface area contributed by atoms with Crippen molar-refractivity contribution in [2.45, 2.75) is 19.8 Å². The quantitative estimate of drug-likeness (QED) is 0.496. The summed E-state index contributed by atoms with van der Waals surface area (Å²) in [6.07, 6.45) is 1.55. The molecule has 21 heavy (non-hydrogen) atoms. The lowest BCUT2D eigenvalue weighted by atomic mass is 10.1. The van der Waals surface area contributed by atoms with E-state index in [9.17, 15) is 10.1 Å². The van der Waals surface area contributed by atoms with Crippen LogP contribution in [0.4, 0.5) is 11.6 Å². The third-order valence-corrected chi connectivity index (χ3v) is 2.92. The molecule has 0 spiro atoms. The molecule has 0 fully saturated rings. The molecule has 1 aromatic carbocycles. The van der Waals surface area contributed by atoms with Crippen molar-refractivity contribution in [2.75, 3.05) is 12.3 Å². The highest BCUT2D eigenvalue weighted by Gasteiger charge is 2.22. The molecule has 0 aliphatic heterocycles. The van der Waals surface area contributed by atoms with Gasteiger partial charge in [0.1, 0.15) is 5.69 Å². The van der Waals surface area contributed by atoms with Crippen LogP contribution in [0.25, 0.3) is 0 Å². The van der Waals surface area contributed by atoms with Gasteiger partial charge >= 0.3 is 5.69 Å². The van der Waals surface area contributed by atoms with Crippen LogP contribution < -0.4 is 10.5 Å². The highest BCUT2D eigenvalue weighted by molar-refractivity contribution is 5.47. The average Bonchev–Trinajstić information content (AvgIpc) is 2.43. The summed E-state index contributed by atoms with van der Waals surface area (Å²) >= 11 is 0. The normalized spacial score (nSPS) is 10.3. The van der Waals surface area contributed by atoms with Gasteiger partial charge in [0.2, 0.25) is 5.95 Å². The van der Waals surface area contributed by atoms with Crippen molar-refractivity contribution in [1.29, 1.82) is 0 Å². The highest BCUT2D eigenvalue weighted by Crippen LogP contribution is 2.27. The minimum Gasteiger partial charge on any atom is -0.473 e. The predicted molar refractivity (Wildman–Crippen MR) is 78.1 cm³/mol. The molecule has 7 nitrogen and oxygen atoms in total. The molecular weight excluding hydrogens is 272 g/mol. The fourth-order valence-electron chi connectivity index (χ4n) is 1.96. The highest BCUT2D eigenvalue weighted by atomic mass is 16.6. The Kier molecular flexibility index (Phi) is 4.65. The molecule has 0 amide bonds. The van der Waals surface area contributed by atoms with Gasteiger partial charge in [-0.3, -0.25) is 10.1 Å². The SMILES string of the molecule is Cc1nc(N)nc(OCCCc2ccccc2)c1[N+](=O)[O-]. The summed E-state index contributed by atoms with van der Waals surface area (Å²) in [4.78, 5) is 18.0. The van der Waals surface area contributed by atoms with Crippen LogP contribution in [0.2, 0.25) is 0 Å². The van der Waals surface area contributed by atoms with Crippen molar-refractivity contribution in [3.8, 4) is 5.88 Å². The van der Waals surface area contributed by atoms with Gasteiger partial charge in [0, 0.05) is 0 Å². The van der Waals surface area contributed by atoms with Gasteiger partial charge in [0.15, 0.2) is 0 Å². The van der Waals surface area contributed by atoms with Crippen molar-refractivity contribution < 1.29 is 9.66 Å². The summed E-state index contributed by atoms with van der Waals surface area (Å²) in [5.74, 6) is -0.103. The van der Waals surface area contributed by atoms with E-state index < -0.39 is 4.92 Å². The maximum absolute atomic E-state index is 11.0. The number of aryl methyl sites for hydroxylation is 2. The predicted octanol–water partition coefficient (Wildman–Crippen LogP) is 2.29. The van der Waals surface area contributed by atoms with E-state index in [1.165, 1.54) is 12.5 Å². The van der Waals surface area contributed by atoms with Gasteiger partial charge in [-0.25, -0.2) is 4.98 Å². The van der Waals surface area contributed by atoms with Crippen LogP contribution in [0.3, 0.4) is 0 Å². The largest absolute Gasteiger partial charge is 0.473 e. The fraction of sp³-hybridized carbons (Fsp3) is 0.286. The molecule has 0 atom stereocenters. The summed E-state index contributed by atoms with van der Waals surface area (Å²) in [5.41, 5.74) is 6.65. The molecule has 7 heteroatoms. The van der Waals surface area contributed by atoms with Crippen LogP contribution in [-0.4, -0.2) is 21.5 Å². The Morgan fingerprint density at radius 1 is 1.29 bits per heavy atom. The number of nitrogens with zero attached hydrogens (tertiary/aromatic N) is 3. The fourth-order valence-corrected chi connectivity index (χ4v) is 1.96. The number of nitrogen functional groups attached to an aromatic ring is 1. The number of hydrogen-bond donors (Lipinski definition) is 1. The first-order valence-corrected chi connectivity index (χ1v) is 6.53. The smallest absolute Gasteiger partial charge is 0.352 e. The molecule has 1 heterocycles. The zero-order chi connectivity index (χ0) is 15.2.